The molecular weight excluding hydrogens is 497 g/mol. The Balaban J connectivity index is 0.00000289. The normalized spacial score (nSPS) is 19.0. The molecule has 2 amide bonds. The molecule has 1 unspecified atom stereocenters. The summed E-state index contributed by atoms with van der Waals surface area (Å²) in [6.45, 7) is 0. The van der Waals surface area contributed by atoms with Gasteiger partial charge < -0.3 is 21.0 Å². The number of carboxylic acid groups (broad SMARTS) is 1. The fourth-order valence-corrected chi connectivity index (χ4v) is 6.32. The van der Waals surface area contributed by atoms with E-state index in [1.165, 1.54) is 16.7 Å². The van der Waals surface area contributed by atoms with Crippen molar-refractivity contribution in [1.29, 1.82) is 0 Å². The number of nitrogens with two attached hydrogens (primary N) is 1. The van der Waals surface area contributed by atoms with Crippen molar-refractivity contribution in [3.05, 3.63) is 70.8 Å². The molecule has 1 saturated heterocycles. The van der Waals surface area contributed by atoms with Gasteiger partial charge in [-0.1, -0.05) is 54.2 Å². The molecule has 3 aromatic rings. The van der Waals surface area contributed by atoms with E-state index >= 15 is 0 Å². The van der Waals surface area contributed by atoms with Gasteiger partial charge in [0, 0.05) is 16.0 Å². The Kier molecular flexibility index (Phi) is 7.72. The predicted molar refractivity (Wildman–Crippen MR) is 127 cm³/mol. The number of nitrogens with one attached hydrogen (secondary N) is 1. The first-order chi connectivity index (χ1) is 16.4. The van der Waals surface area contributed by atoms with Gasteiger partial charge in [-0.3, -0.25) is 14.5 Å². The molecule has 0 saturated carbocycles. The van der Waals surface area contributed by atoms with Gasteiger partial charge in [0.05, 0.1) is 23.6 Å². The summed E-state index contributed by atoms with van der Waals surface area (Å²) in [6.07, 6.45) is 0.132. The standard InChI is InChI=1S/C23H19N5O4S2.Na/c24-19-13-8-4-5-9-14(13)25-23(27-19)34-15-11-33-21-17(20(30)28(21)18(15)22(31)32)26-16(29)10-12-6-2-1-3-7-12;/h1-9,17,21H,10-11H2,(H,26,29)(H,31,32)(H2,24,25,27);/q;+1/p-1/t17?,21-;/m1./s1. The van der Waals surface area contributed by atoms with E-state index in [-0.39, 0.29) is 58.6 Å². The molecule has 35 heavy (non-hydrogen) atoms. The van der Waals surface area contributed by atoms with Crippen molar-refractivity contribution in [3.63, 3.8) is 0 Å². The van der Waals surface area contributed by atoms with E-state index in [9.17, 15) is 19.5 Å². The molecule has 12 heteroatoms. The molecule has 0 bridgehead atoms. The third-order valence-corrected chi connectivity index (χ3v) is 7.89. The van der Waals surface area contributed by atoms with Crippen LogP contribution in [0.15, 0.2) is 70.4 Å². The zero-order chi connectivity index (χ0) is 23.8. The molecule has 0 aliphatic carbocycles. The smallest absolute Gasteiger partial charge is 0.543 e. The summed E-state index contributed by atoms with van der Waals surface area (Å²) in [5, 5.41) is 15.2. The number of anilines is 1. The molecule has 0 spiro atoms. The molecule has 1 fully saturated rings. The number of aromatic nitrogens is 2. The van der Waals surface area contributed by atoms with Crippen molar-refractivity contribution in [1.82, 2.24) is 20.2 Å². The van der Waals surface area contributed by atoms with Crippen molar-refractivity contribution in [2.24, 2.45) is 0 Å². The van der Waals surface area contributed by atoms with Crippen LogP contribution in [0.4, 0.5) is 5.82 Å². The van der Waals surface area contributed by atoms with Gasteiger partial charge in [0.1, 0.15) is 17.2 Å². The van der Waals surface area contributed by atoms with Crippen LogP contribution in [0, 0.1) is 0 Å². The molecule has 3 heterocycles. The average molecular weight is 516 g/mol. The minimum absolute atomic E-state index is 0. The molecule has 2 aliphatic heterocycles. The fourth-order valence-electron chi connectivity index (χ4n) is 3.90. The number of β-lactam (4-membered cyclic amide) rings is 1. The van der Waals surface area contributed by atoms with Crippen molar-refractivity contribution >= 4 is 58.0 Å². The van der Waals surface area contributed by atoms with Crippen LogP contribution in [0.3, 0.4) is 0 Å². The first kappa shape index (κ1) is 25.5. The molecule has 1 aromatic heterocycles. The van der Waals surface area contributed by atoms with Gasteiger partial charge in [0.25, 0.3) is 5.91 Å². The number of fused-ring (bicyclic) bond motifs is 2. The number of hydrogen-bond donors (Lipinski definition) is 2. The molecule has 172 valence electrons. The molecule has 2 aliphatic rings. The fraction of sp³-hybridized carbons (Fsp3) is 0.174. The molecule has 3 N–H and O–H groups in total. The van der Waals surface area contributed by atoms with Crippen LogP contribution in [0.2, 0.25) is 0 Å². The second kappa shape index (κ2) is 10.6. The minimum Gasteiger partial charge on any atom is -0.543 e. The van der Waals surface area contributed by atoms with Gasteiger partial charge in [-0.15, -0.1) is 11.8 Å². The summed E-state index contributed by atoms with van der Waals surface area (Å²) >= 11 is 2.41. The van der Waals surface area contributed by atoms with Gasteiger partial charge in [-0.05, 0) is 17.7 Å². The Labute approximate surface area is 231 Å². The van der Waals surface area contributed by atoms with Crippen molar-refractivity contribution in [2.75, 3.05) is 11.5 Å². The Hall–Kier alpha value is -2.57. The number of para-hydroxylation sites is 1. The Morgan fingerprint density at radius 2 is 1.86 bits per heavy atom. The Bertz CT molecular complexity index is 1350. The van der Waals surface area contributed by atoms with Crippen LogP contribution in [-0.2, 0) is 20.8 Å². The zero-order valence-corrected chi connectivity index (χ0v) is 22.3. The number of carbonyl (C=O) groups excluding carboxylic acids is 3. The summed E-state index contributed by atoms with van der Waals surface area (Å²) in [5.74, 6) is -1.68. The van der Waals surface area contributed by atoms with Crippen molar-refractivity contribution < 1.29 is 49.0 Å². The molecule has 5 rings (SSSR count). The maximum Gasteiger partial charge on any atom is 1.00 e. The molecule has 0 radical (unpaired) electrons. The number of nitrogen functional groups attached to an aromatic ring is 1. The summed E-state index contributed by atoms with van der Waals surface area (Å²) in [5.41, 5.74) is 7.28. The second-order valence-corrected chi connectivity index (χ2v) is 9.85. The van der Waals surface area contributed by atoms with Crippen LogP contribution in [0.25, 0.3) is 10.9 Å². The number of nitrogens with zero attached hydrogens (tertiary/aromatic N) is 3. The van der Waals surface area contributed by atoms with Crippen LogP contribution >= 0.6 is 23.5 Å². The van der Waals surface area contributed by atoms with E-state index in [0.717, 1.165) is 17.3 Å². The molecule has 9 nitrogen and oxygen atoms in total. The Morgan fingerprint density at radius 3 is 2.60 bits per heavy atom. The van der Waals surface area contributed by atoms with E-state index < -0.39 is 23.3 Å². The molecule has 2 aromatic carbocycles. The predicted octanol–water partition coefficient (Wildman–Crippen LogP) is -2.09. The van der Waals surface area contributed by atoms with Crippen LogP contribution in [0.1, 0.15) is 5.56 Å². The third kappa shape index (κ3) is 5.05. The number of thioether (sulfide) groups is 2. The summed E-state index contributed by atoms with van der Waals surface area (Å²) in [7, 11) is 0. The first-order valence-corrected chi connectivity index (χ1v) is 12.2. The van der Waals surface area contributed by atoms with Crippen LogP contribution in [-0.4, -0.2) is 49.8 Å². The first-order valence-electron chi connectivity index (χ1n) is 10.3. The maximum absolute atomic E-state index is 12.8. The van der Waals surface area contributed by atoms with Gasteiger partial charge in [0.15, 0.2) is 5.16 Å². The van der Waals surface area contributed by atoms with E-state index in [1.807, 2.05) is 42.5 Å². The van der Waals surface area contributed by atoms with Gasteiger partial charge >= 0.3 is 29.6 Å². The van der Waals surface area contributed by atoms with E-state index in [0.29, 0.717) is 21.6 Å². The summed E-state index contributed by atoms with van der Waals surface area (Å²) in [4.78, 5) is 47.6. The largest absolute Gasteiger partial charge is 1.00 e. The average Bonchev–Trinajstić information content (AvgIpc) is 2.83. The zero-order valence-electron chi connectivity index (χ0n) is 18.6. The van der Waals surface area contributed by atoms with Crippen LogP contribution < -0.4 is 45.7 Å². The topological polar surface area (TPSA) is 141 Å². The number of aliphatic carboxylic acids is 1. The number of amides is 2. The molecular formula is C23H18N5NaO4S2. The van der Waals surface area contributed by atoms with Crippen molar-refractivity contribution in [3.8, 4) is 0 Å². The second-order valence-electron chi connectivity index (χ2n) is 7.69. The number of hydrogen-bond acceptors (Lipinski definition) is 9. The monoisotopic (exact) mass is 515 g/mol. The number of carboxylic acids is 1. The molecule has 2 atom stereocenters. The maximum atomic E-state index is 12.8. The van der Waals surface area contributed by atoms with E-state index in [4.69, 9.17) is 5.73 Å². The van der Waals surface area contributed by atoms with Gasteiger partial charge in [-0.2, -0.15) is 0 Å². The van der Waals surface area contributed by atoms with Crippen LogP contribution in [0.5, 0.6) is 0 Å². The third-order valence-electron chi connectivity index (χ3n) is 5.48. The number of rotatable bonds is 6. The number of benzene rings is 2. The quantitative estimate of drug-likeness (QED) is 0.215. The summed E-state index contributed by atoms with van der Waals surface area (Å²) < 4.78 is 0. The minimum atomic E-state index is -1.47. The van der Waals surface area contributed by atoms with E-state index in [1.54, 1.807) is 12.1 Å². The number of carbonyl (C=O) groups is 3. The summed E-state index contributed by atoms with van der Waals surface area (Å²) in [6, 6.07) is 15.6. The van der Waals surface area contributed by atoms with Gasteiger partial charge in [0.2, 0.25) is 5.91 Å². The van der Waals surface area contributed by atoms with Crippen molar-refractivity contribution in [2.45, 2.75) is 23.0 Å². The van der Waals surface area contributed by atoms with E-state index in [2.05, 4.69) is 15.3 Å². The Morgan fingerprint density at radius 1 is 1.14 bits per heavy atom. The van der Waals surface area contributed by atoms with Gasteiger partial charge in [-0.25, -0.2) is 9.97 Å². The SMILES string of the molecule is Nc1nc(SC2=C(C(=O)[O-])N3C(=O)C(NC(=O)Cc4ccccc4)[C@H]3SC2)nc2ccccc12.[Na+].